The molecular formula is C26H27N5O4S. The zero-order valence-electron chi connectivity index (χ0n) is 20.4. The van der Waals surface area contributed by atoms with Gasteiger partial charge in [0.15, 0.2) is 0 Å². The van der Waals surface area contributed by atoms with E-state index in [1.54, 1.807) is 41.2 Å². The fourth-order valence-electron chi connectivity index (χ4n) is 4.57. The van der Waals surface area contributed by atoms with Gasteiger partial charge in [0, 0.05) is 43.2 Å². The summed E-state index contributed by atoms with van der Waals surface area (Å²) >= 11 is 1.28. The summed E-state index contributed by atoms with van der Waals surface area (Å²) < 4.78 is 5.17. The molecule has 3 amide bonds. The number of benzene rings is 2. The first-order valence-electron chi connectivity index (χ1n) is 11.8. The van der Waals surface area contributed by atoms with E-state index >= 15 is 0 Å². The smallest absolute Gasteiger partial charge is 0.231 e. The molecular weight excluding hydrogens is 478 g/mol. The summed E-state index contributed by atoms with van der Waals surface area (Å²) in [5.74, 6) is -0.184. The molecule has 3 heterocycles. The molecule has 9 nitrogen and oxygen atoms in total. The lowest BCUT2D eigenvalue weighted by molar-refractivity contribution is -0.122. The molecule has 0 bridgehead atoms. The maximum atomic E-state index is 12.9. The van der Waals surface area contributed by atoms with E-state index < -0.39 is 5.92 Å². The lowest BCUT2D eigenvalue weighted by atomic mass is 10.1. The molecule has 2 unspecified atom stereocenters. The minimum atomic E-state index is -0.486. The Morgan fingerprint density at radius 2 is 1.64 bits per heavy atom. The summed E-state index contributed by atoms with van der Waals surface area (Å²) in [5.41, 5.74) is 3.94. The molecule has 10 heteroatoms. The molecule has 1 N–H and O–H groups in total. The fraction of sp³-hybridized carbons (Fsp3) is 0.346. The predicted molar refractivity (Wildman–Crippen MR) is 138 cm³/mol. The average Bonchev–Trinajstić information content (AvgIpc) is 3.59. The van der Waals surface area contributed by atoms with Crippen LogP contribution in [0.15, 0.2) is 42.5 Å². The topological polar surface area (TPSA) is 105 Å². The number of carbonyl (C=O) groups is 3. The van der Waals surface area contributed by atoms with Gasteiger partial charge in [-0.15, -0.1) is 10.2 Å². The second-order valence-corrected chi connectivity index (χ2v) is 10.2. The first-order valence-corrected chi connectivity index (χ1v) is 12.6. The minimum Gasteiger partial charge on any atom is -0.497 e. The highest BCUT2D eigenvalue weighted by atomic mass is 32.1. The van der Waals surface area contributed by atoms with E-state index in [-0.39, 0.29) is 30.1 Å². The monoisotopic (exact) mass is 505 g/mol. The van der Waals surface area contributed by atoms with Crippen LogP contribution in [0, 0.1) is 19.8 Å². The third-order valence-corrected chi connectivity index (χ3v) is 7.83. The van der Waals surface area contributed by atoms with Crippen molar-refractivity contribution < 1.29 is 19.1 Å². The van der Waals surface area contributed by atoms with Crippen molar-refractivity contribution in [2.24, 2.45) is 5.92 Å². The molecule has 0 saturated carbocycles. The summed E-state index contributed by atoms with van der Waals surface area (Å²) in [6.07, 6.45) is 0.481. The van der Waals surface area contributed by atoms with Crippen LogP contribution in [0.25, 0.3) is 0 Å². The molecule has 5 rings (SSSR count). The molecule has 3 aromatic rings. The normalized spacial score (nSPS) is 19.8. The Balaban J connectivity index is 1.21. The number of nitrogens with zero attached hydrogens (tertiary/aromatic N) is 4. The van der Waals surface area contributed by atoms with E-state index in [1.807, 2.05) is 32.0 Å². The Bertz CT molecular complexity index is 1320. The Labute approximate surface area is 213 Å². The van der Waals surface area contributed by atoms with Crippen LogP contribution in [0.4, 0.5) is 16.5 Å². The summed E-state index contributed by atoms with van der Waals surface area (Å²) in [7, 11) is 1.58. The number of hydrogen-bond acceptors (Lipinski definition) is 7. The number of anilines is 3. The molecule has 36 heavy (non-hydrogen) atoms. The van der Waals surface area contributed by atoms with Crippen LogP contribution in [0.3, 0.4) is 0 Å². The van der Waals surface area contributed by atoms with Crippen LogP contribution in [-0.2, 0) is 14.4 Å². The maximum Gasteiger partial charge on any atom is 0.231 e. The van der Waals surface area contributed by atoms with Gasteiger partial charge in [0.2, 0.25) is 22.9 Å². The number of aryl methyl sites for hydroxylation is 2. The molecule has 2 fully saturated rings. The molecule has 0 spiro atoms. The number of carbonyl (C=O) groups excluding carboxylic acids is 3. The van der Waals surface area contributed by atoms with Gasteiger partial charge in [-0.2, -0.15) is 0 Å². The summed E-state index contributed by atoms with van der Waals surface area (Å²) in [6, 6.07) is 13.2. The highest BCUT2D eigenvalue weighted by Gasteiger charge is 2.37. The van der Waals surface area contributed by atoms with Crippen molar-refractivity contribution in [1.29, 1.82) is 0 Å². The van der Waals surface area contributed by atoms with E-state index in [0.29, 0.717) is 35.4 Å². The van der Waals surface area contributed by atoms with Crippen LogP contribution < -0.4 is 19.9 Å². The molecule has 2 atom stereocenters. The Kier molecular flexibility index (Phi) is 6.44. The number of amides is 3. The third kappa shape index (κ3) is 4.68. The number of rotatable bonds is 6. The highest BCUT2D eigenvalue weighted by molar-refractivity contribution is 7.15. The second-order valence-electron chi connectivity index (χ2n) is 9.21. The van der Waals surface area contributed by atoms with Crippen molar-refractivity contribution in [3.8, 4) is 5.75 Å². The van der Waals surface area contributed by atoms with Gasteiger partial charge in [0.05, 0.1) is 13.0 Å². The standard InChI is InChI=1S/C26H27N5O4S/c1-15-4-5-20(10-16(15)2)31-14-18(12-23(31)33)25-28-29-26(36-25)27-24(34)17-11-22(32)30(13-17)19-6-8-21(35-3)9-7-19/h4-10,17-18H,11-14H2,1-3H3,(H,27,29,34). The number of ether oxygens (including phenoxy) is 1. The molecule has 2 aliphatic rings. The molecule has 0 radical (unpaired) electrons. The van der Waals surface area contributed by atoms with Gasteiger partial charge in [-0.1, -0.05) is 17.4 Å². The van der Waals surface area contributed by atoms with Gasteiger partial charge in [-0.25, -0.2) is 0 Å². The van der Waals surface area contributed by atoms with Crippen molar-refractivity contribution >= 4 is 45.6 Å². The van der Waals surface area contributed by atoms with E-state index in [2.05, 4.69) is 15.5 Å². The van der Waals surface area contributed by atoms with E-state index in [4.69, 9.17) is 4.74 Å². The molecule has 1 aromatic heterocycles. The molecule has 2 aromatic carbocycles. The summed E-state index contributed by atoms with van der Waals surface area (Å²) in [6.45, 7) is 4.90. The SMILES string of the molecule is COc1ccc(N2CC(C(=O)Nc3nnc(C4CC(=O)N(c5ccc(C)c(C)c5)C4)s3)CC2=O)cc1. The van der Waals surface area contributed by atoms with E-state index in [0.717, 1.165) is 16.9 Å². The Morgan fingerprint density at radius 1 is 0.944 bits per heavy atom. The zero-order chi connectivity index (χ0) is 25.4. The lowest BCUT2D eigenvalue weighted by Gasteiger charge is -2.17. The molecule has 186 valence electrons. The van der Waals surface area contributed by atoms with E-state index in [1.165, 1.54) is 16.9 Å². The number of methoxy groups -OCH3 is 1. The zero-order valence-corrected chi connectivity index (χ0v) is 21.2. The quantitative estimate of drug-likeness (QED) is 0.548. The van der Waals surface area contributed by atoms with Gasteiger partial charge in [-0.05, 0) is 61.4 Å². The van der Waals surface area contributed by atoms with Crippen molar-refractivity contribution in [1.82, 2.24) is 10.2 Å². The van der Waals surface area contributed by atoms with Crippen LogP contribution >= 0.6 is 11.3 Å². The average molecular weight is 506 g/mol. The first-order chi connectivity index (χ1) is 17.3. The van der Waals surface area contributed by atoms with Gasteiger partial charge in [0.1, 0.15) is 10.8 Å². The lowest BCUT2D eigenvalue weighted by Crippen LogP contribution is -2.28. The fourth-order valence-corrected chi connectivity index (χ4v) is 5.41. The van der Waals surface area contributed by atoms with Crippen molar-refractivity contribution in [2.75, 3.05) is 35.3 Å². The van der Waals surface area contributed by atoms with Crippen LogP contribution in [0.1, 0.15) is 34.9 Å². The first kappa shape index (κ1) is 23.9. The Hall–Kier alpha value is -3.79. The largest absolute Gasteiger partial charge is 0.497 e. The number of aromatic nitrogens is 2. The summed E-state index contributed by atoms with van der Waals surface area (Å²) in [5, 5.41) is 12.3. The molecule has 2 aliphatic heterocycles. The van der Waals surface area contributed by atoms with Crippen LogP contribution in [0.2, 0.25) is 0 Å². The maximum absolute atomic E-state index is 12.9. The molecule has 0 aliphatic carbocycles. The van der Waals surface area contributed by atoms with Crippen molar-refractivity contribution in [3.63, 3.8) is 0 Å². The number of hydrogen-bond donors (Lipinski definition) is 1. The van der Waals surface area contributed by atoms with Crippen LogP contribution in [0.5, 0.6) is 5.75 Å². The number of nitrogens with one attached hydrogen (secondary N) is 1. The Morgan fingerprint density at radius 3 is 2.36 bits per heavy atom. The predicted octanol–water partition coefficient (Wildman–Crippen LogP) is 3.68. The van der Waals surface area contributed by atoms with Gasteiger partial charge < -0.3 is 19.9 Å². The third-order valence-electron chi connectivity index (χ3n) is 6.83. The van der Waals surface area contributed by atoms with Crippen molar-refractivity contribution in [3.05, 3.63) is 58.6 Å². The minimum absolute atomic E-state index is 0.0483. The van der Waals surface area contributed by atoms with Gasteiger partial charge in [-0.3, -0.25) is 14.4 Å². The summed E-state index contributed by atoms with van der Waals surface area (Å²) in [4.78, 5) is 41.5. The van der Waals surface area contributed by atoms with Crippen LogP contribution in [-0.4, -0.2) is 48.1 Å². The second kappa shape index (κ2) is 9.69. The van der Waals surface area contributed by atoms with Gasteiger partial charge in [0.25, 0.3) is 0 Å². The highest BCUT2D eigenvalue weighted by Crippen LogP contribution is 2.35. The molecule has 2 saturated heterocycles. The van der Waals surface area contributed by atoms with Gasteiger partial charge >= 0.3 is 0 Å². The van der Waals surface area contributed by atoms with Crippen molar-refractivity contribution in [2.45, 2.75) is 32.6 Å². The van der Waals surface area contributed by atoms with E-state index in [9.17, 15) is 14.4 Å².